The highest BCUT2D eigenvalue weighted by Gasteiger charge is 2.30. The quantitative estimate of drug-likeness (QED) is 0.695. The molecule has 1 saturated heterocycles. The van der Waals surface area contributed by atoms with Gasteiger partial charge < -0.3 is 10.7 Å². The highest BCUT2D eigenvalue weighted by atomic mass is 32.2. The maximum atomic E-state index is 11.5. The van der Waals surface area contributed by atoms with Crippen LogP contribution in [0.1, 0.15) is 23.7 Å². The van der Waals surface area contributed by atoms with Crippen molar-refractivity contribution in [3.05, 3.63) is 21.7 Å². The van der Waals surface area contributed by atoms with Gasteiger partial charge in [0.15, 0.2) is 9.84 Å². The maximum absolute atomic E-state index is 11.5. The van der Waals surface area contributed by atoms with E-state index in [-0.39, 0.29) is 28.8 Å². The second-order valence-electron chi connectivity index (χ2n) is 4.06. The van der Waals surface area contributed by atoms with Gasteiger partial charge in [-0.15, -0.1) is 0 Å². The van der Waals surface area contributed by atoms with Crippen molar-refractivity contribution < 1.29 is 8.42 Å². The van der Waals surface area contributed by atoms with Crippen molar-refractivity contribution in [3.8, 4) is 0 Å². The Morgan fingerprint density at radius 2 is 2.19 bits per heavy atom. The summed E-state index contributed by atoms with van der Waals surface area (Å²) in [6, 6.07) is 0. The number of sulfone groups is 1. The molecule has 0 amide bonds. The number of hydrogen-bond donors (Lipinski definition) is 2. The second-order valence-corrected chi connectivity index (χ2v) is 6.29. The van der Waals surface area contributed by atoms with Gasteiger partial charge in [0, 0.05) is 5.92 Å². The number of nitrogens with zero attached hydrogens (tertiary/aromatic N) is 1. The van der Waals surface area contributed by atoms with Crippen LogP contribution in [-0.4, -0.2) is 29.9 Å². The van der Waals surface area contributed by atoms with Gasteiger partial charge in [0.25, 0.3) is 5.56 Å². The lowest BCUT2D eigenvalue weighted by Crippen LogP contribution is -2.19. The van der Waals surface area contributed by atoms with E-state index < -0.39 is 9.84 Å². The second kappa shape index (κ2) is 3.58. The van der Waals surface area contributed by atoms with Crippen LogP contribution in [0.3, 0.4) is 0 Å². The molecule has 88 valence electrons. The number of H-pyrrole nitrogens is 1. The van der Waals surface area contributed by atoms with Crippen LogP contribution in [-0.2, 0) is 9.84 Å². The third kappa shape index (κ3) is 1.95. The molecule has 1 fully saturated rings. The molecule has 16 heavy (non-hydrogen) atoms. The van der Waals surface area contributed by atoms with E-state index in [9.17, 15) is 13.2 Å². The highest BCUT2D eigenvalue weighted by molar-refractivity contribution is 7.91. The zero-order valence-corrected chi connectivity index (χ0v) is 9.67. The molecule has 1 aromatic rings. The van der Waals surface area contributed by atoms with Gasteiger partial charge in [-0.3, -0.25) is 4.79 Å². The number of rotatable bonds is 1. The Labute approximate surface area is 92.8 Å². The average molecular weight is 243 g/mol. The minimum absolute atomic E-state index is 0.0401. The predicted molar refractivity (Wildman–Crippen MR) is 60.0 cm³/mol. The summed E-state index contributed by atoms with van der Waals surface area (Å²) < 4.78 is 22.6. The van der Waals surface area contributed by atoms with Crippen molar-refractivity contribution in [3.63, 3.8) is 0 Å². The van der Waals surface area contributed by atoms with Crippen molar-refractivity contribution in [2.75, 3.05) is 17.2 Å². The highest BCUT2D eigenvalue weighted by Crippen LogP contribution is 2.26. The fraction of sp³-hybridized carbons (Fsp3) is 0.556. The zero-order chi connectivity index (χ0) is 11.9. The van der Waals surface area contributed by atoms with Crippen molar-refractivity contribution in [1.82, 2.24) is 9.97 Å². The Balaban J connectivity index is 2.40. The first-order chi connectivity index (χ1) is 7.39. The first-order valence-electron chi connectivity index (χ1n) is 4.96. The van der Waals surface area contributed by atoms with E-state index >= 15 is 0 Å². The Morgan fingerprint density at radius 1 is 1.50 bits per heavy atom. The number of nitrogens with one attached hydrogen (secondary N) is 1. The summed E-state index contributed by atoms with van der Waals surface area (Å²) in [7, 11) is -2.98. The minimum Gasteiger partial charge on any atom is -0.383 e. The van der Waals surface area contributed by atoms with E-state index in [0.717, 1.165) is 0 Å². The molecule has 1 aliphatic heterocycles. The summed E-state index contributed by atoms with van der Waals surface area (Å²) in [5.74, 6) is 0.506. The fourth-order valence-corrected chi connectivity index (χ4v) is 3.52. The van der Waals surface area contributed by atoms with E-state index in [1.807, 2.05) is 0 Å². The molecule has 1 atom stereocenters. The molecule has 1 aliphatic rings. The Morgan fingerprint density at radius 3 is 2.69 bits per heavy atom. The molecule has 0 bridgehead atoms. The van der Waals surface area contributed by atoms with Crippen molar-refractivity contribution in [2.45, 2.75) is 19.3 Å². The molecule has 0 radical (unpaired) electrons. The van der Waals surface area contributed by atoms with E-state index in [1.54, 1.807) is 6.92 Å². The van der Waals surface area contributed by atoms with Gasteiger partial charge in [0.2, 0.25) is 0 Å². The molecular formula is C9H13N3O3S. The van der Waals surface area contributed by atoms with Gasteiger partial charge in [-0.2, -0.15) is 0 Å². The van der Waals surface area contributed by atoms with Crippen molar-refractivity contribution in [1.29, 1.82) is 0 Å². The number of nitrogen functional groups attached to an aromatic ring is 1. The molecule has 0 spiro atoms. The smallest absolute Gasteiger partial charge is 0.255 e. The van der Waals surface area contributed by atoms with Crippen molar-refractivity contribution in [2.24, 2.45) is 0 Å². The topological polar surface area (TPSA) is 106 Å². The SMILES string of the molecule is Cc1c(N)nc(C2CCS(=O)(=O)C2)[nH]c1=O. The minimum atomic E-state index is -2.98. The molecular weight excluding hydrogens is 230 g/mol. The molecule has 1 aromatic heterocycles. The van der Waals surface area contributed by atoms with Gasteiger partial charge in [0.05, 0.1) is 17.1 Å². The number of anilines is 1. The van der Waals surface area contributed by atoms with E-state index in [2.05, 4.69) is 9.97 Å². The lowest BCUT2D eigenvalue weighted by molar-refractivity contribution is 0.601. The lowest BCUT2D eigenvalue weighted by atomic mass is 10.1. The summed E-state index contributed by atoms with van der Waals surface area (Å²) in [4.78, 5) is 18.1. The normalized spacial score (nSPS) is 23.4. The molecule has 2 rings (SSSR count). The van der Waals surface area contributed by atoms with Gasteiger partial charge in [-0.25, -0.2) is 13.4 Å². The molecule has 2 heterocycles. The number of aromatic amines is 1. The van der Waals surface area contributed by atoms with Crippen LogP contribution in [0.2, 0.25) is 0 Å². The molecule has 0 aromatic carbocycles. The molecule has 1 unspecified atom stereocenters. The monoisotopic (exact) mass is 243 g/mol. The van der Waals surface area contributed by atoms with Crippen LogP contribution in [0.25, 0.3) is 0 Å². The summed E-state index contributed by atoms with van der Waals surface area (Å²) in [6.45, 7) is 1.58. The summed E-state index contributed by atoms with van der Waals surface area (Å²) in [6.07, 6.45) is 0.494. The fourth-order valence-electron chi connectivity index (χ4n) is 1.77. The number of nitrogens with two attached hydrogens (primary N) is 1. The molecule has 3 N–H and O–H groups in total. The lowest BCUT2D eigenvalue weighted by Gasteiger charge is -2.08. The van der Waals surface area contributed by atoms with Crippen LogP contribution in [0.5, 0.6) is 0 Å². The molecule has 7 heteroatoms. The van der Waals surface area contributed by atoms with E-state index in [4.69, 9.17) is 5.73 Å². The average Bonchev–Trinajstić information content (AvgIpc) is 2.54. The third-order valence-electron chi connectivity index (χ3n) is 2.83. The van der Waals surface area contributed by atoms with Crippen molar-refractivity contribution >= 4 is 15.7 Å². The van der Waals surface area contributed by atoms with Crippen LogP contribution in [0.15, 0.2) is 4.79 Å². The van der Waals surface area contributed by atoms with Crippen LogP contribution in [0.4, 0.5) is 5.82 Å². The summed E-state index contributed by atoms with van der Waals surface area (Å²) in [5.41, 5.74) is 5.64. The third-order valence-corrected chi connectivity index (χ3v) is 4.59. The Bertz CT molecular complexity index is 576. The largest absolute Gasteiger partial charge is 0.383 e. The van der Waals surface area contributed by atoms with Crippen LogP contribution >= 0.6 is 0 Å². The summed E-state index contributed by atoms with van der Waals surface area (Å²) in [5, 5.41) is 0. The van der Waals surface area contributed by atoms with Gasteiger partial charge in [0.1, 0.15) is 11.6 Å². The molecule has 6 nitrogen and oxygen atoms in total. The van der Waals surface area contributed by atoms with Gasteiger partial charge in [-0.1, -0.05) is 0 Å². The first-order valence-corrected chi connectivity index (χ1v) is 6.78. The maximum Gasteiger partial charge on any atom is 0.255 e. The number of hydrogen-bond acceptors (Lipinski definition) is 5. The van der Waals surface area contributed by atoms with E-state index in [0.29, 0.717) is 17.8 Å². The molecule has 0 aliphatic carbocycles. The van der Waals surface area contributed by atoms with Gasteiger partial charge in [-0.05, 0) is 13.3 Å². The summed E-state index contributed by atoms with van der Waals surface area (Å²) >= 11 is 0. The van der Waals surface area contributed by atoms with Crippen LogP contribution in [0, 0.1) is 6.92 Å². The number of aromatic nitrogens is 2. The Hall–Kier alpha value is -1.37. The van der Waals surface area contributed by atoms with E-state index in [1.165, 1.54) is 0 Å². The van der Waals surface area contributed by atoms with Gasteiger partial charge >= 0.3 is 0 Å². The van der Waals surface area contributed by atoms with Crippen LogP contribution < -0.4 is 11.3 Å². The standard InChI is InChI=1S/C9H13N3O3S/c1-5-7(10)11-8(12-9(5)13)6-2-3-16(14,15)4-6/h6H,2-4H2,1H3,(H3,10,11,12,13). The first kappa shape index (κ1) is 11.1. The predicted octanol–water partition coefficient (Wildman–Crippen LogP) is -0.437. The Kier molecular flexibility index (Phi) is 2.49. The zero-order valence-electron chi connectivity index (χ0n) is 8.86. The molecule has 0 saturated carbocycles.